The van der Waals surface area contributed by atoms with Gasteiger partial charge in [-0.2, -0.15) is 0 Å². The van der Waals surface area contributed by atoms with E-state index in [9.17, 15) is 13.5 Å². The number of aliphatic hydroxyl groups excluding tert-OH is 1. The molecule has 1 atom stereocenters. The van der Waals surface area contributed by atoms with Crippen LogP contribution < -0.4 is 4.72 Å². The van der Waals surface area contributed by atoms with Crippen LogP contribution in [-0.4, -0.2) is 26.2 Å². The van der Waals surface area contributed by atoms with Crippen molar-refractivity contribution in [2.75, 3.05) is 6.61 Å². The molecule has 0 unspecified atom stereocenters. The van der Waals surface area contributed by atoms with Crippen molar-refractivity contribution in [1.29, 1.82) is 0 Å². The molecule has 2 N–H and O–H groups in total. The molecule has 112 valence electrons. The largest absolute Gasteiger partial charge is 0.395 e. The van der Waals surface area contributed by atoms with Crippen molar-refractivity contribution in [3.05, 3.63) is 65.2 Å². The van der Waals surface area contributed by atoms with Crippen LogP contribution in [0.2, 0.25) is 5.02 Å². The van der Waals surface area contributed by atoms with Crippen molar-refractivity contribution in [2.45, 2.75) is 17.4 Å². The van der Waals surface area contributed by atoms with Gasteiger partial charge in [-0.05, 0) is 36.2 Å². The highest BCUT2D eigenvalue weighted by atomic mass is 35.5. The lowest BCUT2D eigenvalue weighted by Crippen LogP contribution is -2.39. The summed E-state index contributed by atoms with van der Waals surface area (Å²) < 4.78 is 27.0. The van der Waals surface area contributed by atoms with Crippen LogP contribution in [0.3, 0.4) is 0 Å². The number of hydrogen-bond acceptors (Lipinski definition) is 3. The highest BCUT2D eigenvalue weighted by Crippen LogP contribution is 2.15. The van der Waals surface area contributed by atoms with Gasteiger partial charge < -0.3 is 5.11 Å². The van der Waals surface area contributed by atoms with Crippen molar-refractivity contribution >= 4 is 21.6 Å². The minimum atomic E-state index is -3.68. The Bertz CT molecular complexity index is 672. The molecular weight excluding hydrogens is 310 g/mol. The van der Waals surface area contributed by atoms with E-state index >= 15 is 0 Å². The zero-order chi connectivity index (χ0) is 15.3. The molecule has 0 aliphatic carbocycles. The molecule has 0 radical (unpaired) electrons. The summed E-state index contributed by atoms with van der Waals surface area (Å²) in [7, 11) is -3.68. The van der Waals surface area contributed by atoms with E-state index in [-0.39, 0.29) is 11.5 Å². The molecule has 0 fully saturated rings. The van der Waals surface area contributed by atoms with E-state index in [1.807, 2.05) is 30.3 Å². The first-order chi connectivity index (χ1) is 10.0. The minimum absolute atomic E-state index is 0.124. The third kappa shape index (κ3) is 4.54. The zero-order valence-corrected chi connectivity index (χ0v) is 12.8. The Balaban J connectivity index is 2.12. The van der Waals surface area contributed by atoms with Gasteiger partial charge in [0.05, 0.1) is 11.5 Å². The van der Waals surface area contributed by atoms with E-state index in [0.717, 1.165) is 5.56 Å². The van der Waals surface area contributed by atoms with Gasteiger partial charge in [-0.3, -0.25) is 0 Å². The quantitative estimate of drug-likeness (QED) is 0.856. The van der Waals surface area contributed by atoms with Crippen LogP contribution in [0.4, 0.5) is 0 Å². The summed E-state index contributed by atoms with van der Waals surface area (Å²) in [4.78, 5) is 0.124. The lowest BCUT2D eigenvalue weighted by Gasteiger charge is -2.16. The molecule has 0 aliphatic heterocycles. The van der Waals surface area contributed by atoms with E-state index in [2.05, 4.69) is 4.72 Å². The van der Waals surface area contributed by atoms with Crippen LogP contribution in [0.25, 0.3) is 0 Å². The van der Waals surface area contributed by atoms with Crippen LogP contribution in [0.5, 0.6) is 0 Å². The number of hydrogen-bond donors (Lipinski definition) is 2. The molecule has 21 heavy (non-hydrogen) atoms. The molecule has 0 spiro atoms. The second kappa shape index (κ2) is 7.04. The summed E-state index contributed by atoms with van der Waals surface area (Å²) in [6.07, 6.45) is 0.421. The van der Waals surface area contributed by atoms with Gasteiger partial charge in [0.15, 0.2) is 0 Å². The Kier molecular flexibility index (Phi) is 5.36. The average Bonchev–Trinajstić information content (AvgIpc) is 2.48. The number of aliphatic hydroxyl groups is 1. The molecule has 2 aromatic carbocycles. The second-order valence-electron chi connectivity index (χ2n) is 4.64. The van der Waals surface area contributed by atoms with Crippen LogP contribution in [0, 0.1) is 0 Å². The molecule has 4 nitrogen and oxygen atoms in total. The lowest BCUT2D eigenvalue weighted by molar-refractivity contribution is 0.256. The minimum Gasteiger partial charge on any atom is -0.395 e. The lowest BCUT2D eigenvalue weighted by atomic mass is 10.1. The molecule has 0 bridgehead atoms. The van der Waals surface area contributed by atoms with Crippen molar-refractivity contribution in [3.63, 3.8) is 0 Å². The SMILES string of the molecule is O=S(=O)(N[C@H](CO)Cc1ccccc1)c1ccc(Cl)cc1. The average molecular weight is 326 g/mol. The molecule has 6 heteroatoms. The molecule has 2 rings (SSSR count). The number of benzene rings is 2. The number of sulfonamides is 1. The molecule has 0 saturated carbocycles. The first kappa shape index (κ1) is 16.0. The summed E-state index contributed by atoms with van der Waals surface area (Å²) in [5.74, 6) is 0. The van der Waals surface area contributed by atoms with E-state index in [1.54, 1.807) is 0 Å². The predicted octanol–water partition coefficient (Wildman–Crippen LogP) is 2.22. The third-order valence-electron chi connectivity index (χ3n) is 2.99. The third-order valence-corrected chi connectivity index (χ3v) is 4.78. The normalized spacial score (nSPS) is 13.0. The van der Waals surface area contributed by atoms with Crippen molar-refractivity contribution in [3.8, 4) is 0 Å². The Hall–Kier alpha value is -1.40. The summed E-state index contributed by atoms with van der Waals surface area (Å²) in [5, 5.41) is 9.86. The first-order valence-corrected chi connectivity index (χ1v) is 8.30. The Morgan fingerprint density at radius 3 is 2.24 bits per heavy atom. The van der Waals surface area contributed by atoms with Gasteiger partial charge in [0.2, 0.25) is 10.0 Å². The molecule has 2 aromatic rings. The van der Waals surface area contributed by atoms with Gasteiger partial charge >= 0.3 is 0 Å². The Labute approximate surface area is 129 Å². The fraction of sp³-hybridized carbons (Fsp3) is 0.200. The number of rotatable bonds is 6. The molecule has 0 aliphatic rings. The van der Waals surface area contributed by atoms with Gasteiger partial charge in [-0.15, -0.1) is 0 Å². The van der Waals surface area contributed by atoms with Gasteiger partial charge in [-0.25, -0.2) is 13.1 Å². The maximum Gasteiger partial charge on any atom is 0.240 e. The van der Waals surface area contributed by atoms with E-state index in [0.29, 0.717) is 11.4 Å². The molecule has 0 amide bonds. The summed E-state index contributed by atoms with van der Waals surface area (Å²) >= 11 is 5.75. The van der Waals surface area contributed by atoms with Gasteiger partial charge in [0.25, 0.3) is 0 Å². The van der Waals surface area contributed by atoms with E-state index in [1.165, 1.54) is 24.3 Å². The zero-order valence-electron chi connectivity index (χ0n) is 11.2. The van der Waals surface area contributed by atoms with Crippen molar-refractivity contribution < 1.29 is 13.5 Å². The summed E-state index contributed by atoms with van der Waals surface area (Å²) in [6, 6.07) is 14.7. The van der Waals surface area contributed by atoms with E-state index in [4.69, 9.17) is 11.6 Å². The van der Waals surface area contributed by atoms with Crippen molar-refractivity contribution in [2.24, 2.45) is 0 Å². The van der Waals surface area contributed by atoms with Gasteiger partial charge in [0.1, 0.15) is 0 Å². The van der Waals surface area contributed by atoms with Gasteiger partial charge in [0, 0.05) is 11.1 Å². The number of nitrogens with one attached hydrogen (secondary N) is 1. The smallest absolute Gasteiger partial charge is 0.240 e. The van der Waals surface area contributed by atoms with Crippen LogP contribution in [-0.2, 0) is 16.4 Å². The summed E-state index contributed by atoms with van der Waals surface area (Å²) in [6.45, 7) is -0.276. The molecule has 0 aromatic heterocycles. The fourth-order valence-corrected chi connectivity index (χ4v) is 3.30. The van der Waals surface area contributed by atoms with E-state index < -0.39 is 16.1 Å². The Morgan fingerprint density at radius 2 is 1.67 bits per heavy atom. The van der Waals surface area contributed by atoms with Crippen LogP contribution in [0.15, 0.2) is 59.5 Å². The first-order valence-electron chi connectivity index (χ1n) is 6.44. The fourth-order valence-electron chi connectivity index (χ4n) is 1.94. The molecular formula is C15H16ClNO3S. The van der Waals surface area contributed by atoms with Crippen molar-refractivity contribution in [1.82, 2.24) is 4.72 Å². The van der Waals surface area contributed by atoms with Gasteiger partial charge in [-0.1, -0.05) is 41.9 Å². The maximum atomic E-state index is 12.2. The van der Waals surface area contributed by atoms with Crippen LogP contribution >= 0.6 is 11.6 Å². The maximum absolute atomic E-state index is 12.2. The molecule has 0 heterocycles. The van der Waals surface area contributed by atoms with Crippen LogP contribution in [0.1, 0.15) is 5.56 Å². The number of halogens is 1. The summed E-state index contributed by atoms with van der Waals surface area (Å²) in [5.41, 5.74) is 0.954. The topological polar surface area (TPSA) is 66.4 Å². The monoisotopic (exact) mass is 325 g/mol. The standard InChI is InChI=1S/C15H16ClNO3S/c16-13-6-8-15(9-7-13)21(19,20)17-14(11-18)10-12-4-2-1-3-5-12/h1-9,14,17-18H,10-11H2/t14-/m0/s1. The Morgan fingerprint density at radius 1 is 1.05 bits per heavy atom. The predicted molar refractivity (Wildman–Crippen MR) is 82.8 cm³/mol. The molecule has 0 saturated heterocycles. The second-order valence-corrected chi connectivity index (χ2v) is 6.79. The highest BCUT2D eigenvalue weighted by molar-refractivity contribution is 7.89. The highest BCUT2D eigenvalue weighted by Gasteiger charge is 2.19.